The Morgan fingerprint density at radius 1 is 1.37 bits per heavy atom. The van der Waals surface area contributed by atoms with Crippen molar-refractivity contribution in [2.24, 2.45) is 0 Å². The fraction of sp³-hybridized carbons (Fsp3) is 0.650. The Hall–Kier alpha value is -2.04. The zero-order valence-electron chi connectivity index (χ0n) is 26.1. The molecule has 2 aromatic rings. The van der Waals surface area contributed by atoms with Crippen molar-refractivity contribution >= 4 is 27.0 Å². The van der Waals surface area contributed by atoms with Crippen LogP contribution in [0.5, 0.6) is 0 Å². The molecule has 9 nitrogen and oxygen atoms in total. The van der Waals surface area contributed by atoms with E-state index in [2.05, 4.69) is 15.3 Å². The highest BCUT2D eigenvalue weighted by Gasteiger charge is 2.39. The highest BCUT2D eigenvalue weighted by molar-refractivity contribution is 7.88. The van der Waals surface area contributed by atoms with Crippen LogP contribution in [0.15, 0.2) is 17.1 Å². The van der Waals surface area contributed by atoms with Gasteiger partial charge in [-0.15, -0.1) is 0 Å². The molecule has 164 valence electrons. The molecule has 0 radical (unpaired) electrons. The van der Waals surface area contributed by atoms with Crippen LogP contribution in [0.1, 0.15) is 64.3 Å². The molecule has 3 heterocycles. The van der Waals surface area contributed by atoms with Gasteiger partial charge in [-0.3, -0.25) is 9.36 Å². The summed E-state index contributed by atoms with van der Waals surface area (Å²) in [5.74, 6) is -0.181. The lowest BCUT2D eigenvalue weighted by Gasteiger charge is -2.31. The van der Waals surface area contributed by atoms with Crippen LogP contribution in [0.4, 0.5) is 5.95 Å². The Morgan fingerprint density at radius 2 is 2.17 bits per heavy atom. The first-order valence-corrected chi connectivity index (χ1v) is 11.0. The summed E-state index contributed by atoms with van der Waals surface area (Å²) in [5.41, 5.74) is -4.09. The molecule has 1 saturated heterocycles. The van der Waals surface area contributed by atoms with E-state index in [0.29, 0.717) is 0 Å². The normalized spacial score (nSPS) is 33.6. The van der Waals surface area contributed by atoms with Crippen molar-refractivity contribution in [2.75, 3.05) is 24.6 Å². The molecule has 2 aromatic heterocycles. The number of fused-ring (bicyclic) bond motifs is 1. The van der Waals surface area contributed by atoms with Crippen LogP contribution in [0.3, 0.4) is 0 Å². The molecule has 2 aliphatic rings. The van der Waals surface area contributed by atoms with Crippen molar-refractivity contribution in [2.45, 2.75) is 63.5 Å². The van der Waals surface area contributed by atoms with Gasteiger partial charge in [-0.25, -0.2) is 17.7 Å². The molecule has 0 unspecified atom stereocenters. The van der Waals surface area contributed by atoms with Crippen molar-refractivity contribution in [3.63, 3.8) is 0 Å². The summed E-state index contributed by atoms with van der Waals surface area (Å²) in [6.07, 6.45) is -2.12. The fourth-order valence-corrected chi connectivity index (χ4v) is 4.73. The van der Waals surface area contributed by atoms with Gasteiger partial charge in [-0.2, -0.15) is 4.98 Å². The van der Waals surface area contributed by atoms with E-state index >= 15 is 0 Å². The van der Waals surface area contributed by atoms with Crippen molar-refractivity contribution < 1.29 is 27.2 Å². The Morgan fingerprint density at radius 3 is 2.87 bits per heavy atom. The Labute approximate surface area is 190 Å². The van der Waals surface area contributed by atoms with Crippen LogP contribution in [-0.2, 0) is 10.0 Å². The van der Waals surface area contributed by atoms with E-state index in [4.69, 9.17) is 13.7 Å². The molecule has 2 atom stereocenters. The van der Waals surface area contributed by atoms with Gasteiger partial charge >= 0.3 is 0 Å². The van der Waals surface area contributed by atoms with Crippen LogP contribution >= 0.6 is 0 Å². The summed E-state index contributed by atoms with van der Waals surface area (Å²) >= 11 is 0. The molecule has 10 heteroatoms. The Kier molecular flexibility index (Phi) is 3.06. The summed E-state index contributed by atoms with van der Waals surface area (Å²) < 4.78 is 104. The van der Waals surface area contributed by atoms with Crippen molar-refractivity contribution in [3.05, 3.63) is 28.2 Å². The number of piperidine rings is 1. The molecule has 0 aromatic carbocycles. The van der Waals surface area contributed by atoms with Crippen LogP contribution in [0, 0.1) is 6.85 Å². The third kappa shape index (κ3) is 3.95. The Balaban J connectivity index is 1.76. The molecule has 4 rings (SSSR count). The lowest BCUT2D eigenvalue weighted by Crippen LogP contribution is -2.42. The summed E-state index contributed by atoms with van der Waals surface area (Å²) in [7, 11) is -4.57. The molecule has 2 N–H and O–H groups in total. The maximum atomic E-state index is 13.5. The smallest absolute Gasteiger partial charge is 0.255 e. The maximum Gasteiger partial charge on any atom is 0.255 e. The average Bonchev–Trinajstić information content (AvgIpc) is 3.20. The number of aryl methyl sites for hydroxylation is 1. The van der Waals surface area contributed by atoms with E-state index in [0.717, 1.165) is 14.9 Å². The largest absolute Gasteiger partial charge is 0.388 e. The third-order valence-corrected chi connectivity index (χ3v) is 6.67. The van der Waals surface area contributed by atoms with Gasteiger partial charge in [0.25, 0.3) is 5.56 Å². The highest BCUT2D eigenvalue weighted by atomic mass is 32.2. The van der Waals surface area contributed by atoms with Gasteiger partial charge in [0.05, 0.1) is 19.2 Å². The topological polar surface area (TPSA) is 117 Å². The molecular weight excluding hydrogens is 406 g/mol. The molecule has 2 fully saturated rings. The molecule has 1 saturated carbocycles. The number of sulfonamides is 1. The average molecular weight is 446 g/mol. The number of anilines is 1. The lowest BCUT2D eigenvalue weighted by molar-refractivity contribution is 0.0266. The van der Waals surface area contributed by atoms with Gasteiger partial charge in [0.15, 0.2) is 0 Å². The molecule has 0 amide bonds. The molecule has 1 aliphatic heterocycles. The second-order valence-corrected chi connectivity index (χ2v) is 9.14. The summed E-state index contributed by atoms with van der Waals surface area (Å²) in [6.45, 7) is -6.26. The predicted molar refractivity (Wildman–Crippen MR) is 115 cm³/mol. The van der Waals surface area contributed by atoms with E-state index in [1.54, 1.807) is 0 Å². The quantitative estimate of drug-likeness (QED) is 0.731. The number of hydrogen-bond donors (Lipinski definition) is 2. The zero-order valence-corrected chi connectivity index (χ0v) is 16.9. The molecule has 1 aliphatic carbocycles. The summed E-state index contributed by atoms with van der Waals surface area (Å²) in [6, 6.07) is -1.76. The molecule has 30 heavy (non-hydrogen) atoms. The van der Waals surface area contributed by atoms with E-state index in [-0.39, 0.29) is 62.2 Å². The van der Waals surface area contributed by atoms with Gasteiger partial charge in [-0.1, -0.05) is 0 Å². The van der Waals surface area contributed by atoms with Crippen molar-refractivity contribution in [3.8, 4) is 0 Å². The number of aromatic nitrogens is 3. The van der Waals surface area contributed by atoms with Crippen LogP contribution < -0.4 is 10.9 Å². The highest BCUT2D eigenvalue weighted by Crippen LogP contribution is 2.39. The second-order valence-electron chi connectivity index (χ2n) is 7.67. The first-order chi connectivity index (χ1) is 18.1. The molecule has 0 bridgehead atoms. The maximum absolute atomic E-state index is 13.5. The van der Waals surface area contributed by atoms with Gasteiger partial charge in [0.2, 0.25) is 16.0 Å². The minimum atomic E-state index is -4.57. The Bertz CT molecular complexity index is 1470. The fourth-order valence-electron chi connectivity index (χ4n) is 4.06. The van der Waals surface area contributed by atoms with Crippen LogP contribution in [0.2, 0.25) is 0 Å². The van der Waals surface area contributed by atoms with E-state index in [9.17, 15) is 18.3 Å². The minimum absolute atomic E-state index is 0.0668. The minimum Gasteiger partial charge on any atom is -0.388 e. The first-order valence-electron chi connectivity index (χ1n) is 14.5. The van der Waals surface area contributed by atoms with E-state index < -0.39 is 58.7 Å². The number of aliphatic hydroxyl groups is 1. The van der Waals surface area contributed by atoms with E-state index in [1.165, 1.54) is 6.20 Å². The first kappa shape index (κ1) is 12.1. The van der Waals surface area contributed by atoms with Gasteiger partial charge < -0.3 is 10.4 Å². The van der Waals surface area contributed by atoms with Crippen molar-refractivity contribution in [1.82, 2.24) is 18.8 Å². The monoisotopic (exact) mass is 445 g/mol. The molecular formula is C20H29N5O4S. The third-order valence-electron chi connectivity index (χ3n) is 5.63. The lowest BCUT2D eigenvalue weighted by atomic mass is 9.99. The standard InChI is InChI=1S/C20H29N5O4S/c1-13-11-14-12-21-19(22-15-6-9-24(10-7-15)30(3,28)29)23-17(14)25(18(13)26)16-5-4-8-20(16,2)27/h11-12,15-16,27H,4-10H2,1-3H3,(H,21,22,23)/t16-,20-/m0/s1/i1D3,2D3,3D3,15D. The number of nitrogens with zero attached hydrogens (tertiary/aromatic N) is 4. The predicted octanol–water partition coefficient (Wildman–Crippen LogP) is 1.41. The van der Waals surface area contributed by atoms with Crippen molar-refractivity contribution in [1.29, 1.82) is 0 Å². The van der Waals surface area contributed by atoms with E-state index in [1.807, 2.05) is 0 Å². The number of nitrogens with one attached hydrogen (secondary N) is 1. The number of hydrogen-bond acceptors (Lipinski definition) is 7. The SMILES string of the molecule is [2H]C1(Nc2ncc3cc(C([2H])([2H])[2H])c(=O)n([C@H]4CCC[C@@]4(O)C([2H])([2H])[2H])c3n2)CCN(S(=O)(=O)C([2H])([2H])[2H])CC1. The van der Waals surface area contributed by atoms with Crippen LogP contribution in [-0.4, -0.2) is 63.3 Å². The molecule has 0 spiro atoms. The van der Waals surface area contributed by atoms with Gasteiger partial charge in [-0.05, 0) is 51.9 Å². The second kappa shape index (κ2) is 7.58. The summed E-state index contributed by atoms with van der Waals surface area (Å²) in [5, 5.41) is 14.1. The summed E-state index contributed by atoms with van der Waals surface area (Å²) in [4.78, 5) is 21.9. The number of rotatable bonds is 4. The number of pyridine rings is 1. The van der Waals surface area contributed by atoms with Gasteiger partial charge in [0, 0.05) is 48.6 Å². The van der Waals surface area contributed by atoms with Crippen LogP contribution in [0.25, 0.3) is 11.0 Å². The van der Waals surface area contributed by atoms with Gasteiger partial charge in [0.1, 0.15) is 5.65 Å². The zero-order chi connectivity index (χ0) is 30.1.